The Morgan fingerprint density at radius 3 is 2.52 bits per heavy atom. The number of thiazole rings is 1. The van der Waals surface area contributed by atoms with Crippen molar-refractivity contribution in [2.45, 2.75) is 58.3 Å². The van der Waals surface area contributed by atoms with Crippen molar-refractivity contribution < 1.29 is 0 Å². The maximum Gasteiger partial charge on any atom is 0.180 e. The van der Waals surface area contributed by atoms with Crippen molar-refractivity contribution in [2.75, 3.05) is 0 Å². The second-order valence-electron chi connectivity index (χ2n) is 6.61. The van der Waals surface area contributed by atoms with E-state index in [9.17, 15) is 0 Å². The van der Waals surface area contributed by atoms with Gasteiger partial charge in [-0.05, 0) is 25.7 Å². The van der Waals surface area contributed by atoms with Gasteiger partial charge in [-0.2, -0.15) is 0 Å². The Bertz CT molecular complexity index is 658. The van der Waals surface area contributed by atoms with E-state index >= 15 is 0 Å². The van der Waals surface area contributed by atoms with Crippen molar-refractivity contribution >= 4 is 22.9 Å². The van der Waals surface area contributed by atoms with Gasteiger partial charge in [-0.3, -0.25) is 0 Å². The molecule has 21 heavy (non-hydrogen) atoms. The van der Waals surface area contributed by atoms with Crippen LogP contribution in [0.15, 0.2) is 5.38 Å². The van der Waals surface area contributed by atoms with Gasteiger partial charge in [0, 0.05) is 22.1 Å². The molecule has 0 aliphatic heterocycles. The SMILES string of the molecule is CC(C)(C)c1nc(-c2nc(Cl)c3c(n2)CCCCC3)cs1. The quantitative estimate of drug-likeness (QED) is 0.558. The molecule has 112 valence electrons. The summed E-state index contributed by atoms with van der Waals surface area (Å²) in [6.45, 7) is 6.50. The fourth-order valence-electron chi connectivity index (χ4n) is 2.56. The van der Waals surface area contributed by atoms with Crippen LogP contribution in [0, 0.1) is 0 Å². The first-order valence-electron chi connectivity index (χ1n) is 7.47. The predicted octanol–water partition coefficient (Wildman–Crippen LogP) is 4.82. The van der Waals surface area contributed by atoms with E-state index < -0.39 is 0 Å². The van der Waals surface area contributed by atoms with Gasteiger partial charge in [0.1, 0.15) is 10.8 Å². The number of fused-ring (bicyclic) bond motifs is 1. The van der Waals surface area contributed by atoms with Gasteiger partial charge in [-0.1, -0.05) is 38.8 Å². The molecule has 0 saturated carbocycles. The summed E-state index contributed by atoms with van der Waals surface area (Å²) in [5.74, 6) is 0.674. The second-order valence-corrected chi connectivity index (χ2v) is 7.83. The maximum atomic E-state index is 6.39. The predicted molar refractivity (Wildman–Crippen MR) is 88.1 cm³/mol. The molecule has 5 heteroatoms. The Hall–Kier alpha value is -1.00. The third-order valence-electron chi connectivity index (χ3n) is 3.76. The summed E-state index contributed by atoms with van der Waals surface area (Å²) in [5, 5.41) is 3.75. The van der Waals surface area contributed by atoms with Crippen molar-refractivity contribution in [3.63, 3.8) is 0 Å². The van der Waals surface area contributed by atoms with Gasteiger partial charge in [-0.15, -0.1) is 11.3 Å². The van der Waals surface area contributed by atoms with Crippen molar-refractivity contribution in [3.8, 4) is 11.5 Å². The lowest BCUT2D eigenvalue weighted by atomic mass is 9.98. The Kier molecular flexibility index (Phi) is 4.02. The van der Waals surface area contributed by atoms with Crippen LogP contribution >= 0.6 is 22.9 Å². The van der Waals surface area contributed by atoms with Crippen LogP contribution in [0.1, 0.15) is 56.3 Å². The standard InChI is InChI=1S/C16H20ClN3S/c1-16(2,3)15-19-12(9-21-15)14-18-11-8-6-4-5-7-10(11)13(17)20-14/h9H,4-8H2,1-3H3. The zero-order chi connectivity index (χ0) is 15.0. The summed E-state index contributed by atoms with van der Waals surface area (Å²) in [6.07, 6.45) is 5.61. The smallest absolute Gasteiger partial charge is 0.180 e. The minimum Gasteiger partial charge on any atom is -0.237 e. The molecule has 3 nitrogen and oxygen atoms in total. The van der Waals surface area contributed by atoms with Crippen LogP contribution in [0.4, 0.5) is 0 Å². The van der Waals surface area contributed by atoms with E-state index in [0.29, 0.717) is 11.0 Å². The molecule has 2 aromatic rings. The second kappa shape index (κ2) is 5.65. The van der Waals surface area contributed by atoms with Crippen molar-refractivity contribution in [3.05, 3.63) is 26.8 Å². The van der Waals surface area contributed by atoms with E-state index in [-0.39, 0.29) is 5.41 Å². The molecule has 0 unspecified atom stereocenters. The molecule has 0 N–H and O–H groups in total. The molecule has 0 spiro atoms. The van der Waals surface area contributed by atoms with Crippen LogP contribution in [0.3, 0.4) is 0 Å². The van der Waals surface area contributed by atoms with Gasteiger partial charge < -0.3 is 0 Å². The zero-order valence-corrected chi connectivity index (χ0v) is 14.3. The van der Waals surface area contributed by atoms with Crippen LogP contribution in [0.5, 0.6) is 0 Å². The number of aromatic nitrogens is 3. The van der Waals surface area contributed by atoms with Crippen molar-refractivity contribution in [1.29, 1.82) is 0 Å². The van der Waals surface area contributed by atoms with Gasteiger partial charge in [0.25, 0.3) is 0 Å². The van der Waals surface area contributed by atoms with E-state index in [1.54, 1.807) is 11.3 Å². The Balaban J connectivity index is 2.01. The molecule has 0 aromatic carbocycles. The number of halogens is 1. The molecule has 1 aliphatic carbocycles. The van der Waals surface area contributed by atoms with E-state index in [2.05, 4.69) is 25.8 Å². The minimum atomic E-state index is 0.0540. The average Bonchev–Trinajstić information content (AvgIpc) is 2.79. The lowest BCUT2D eigenvalue weighted by Gasteiger charge is -2.13. The number of rotatable bonds is 1. The summed E-state index contributed by atoms with van der Waals surface area (Å²) in [4.78, 5) is 13.9. The Morgan fingerprint density at radius 2 is 1.81 bits per heavy atom. The van der Waals surface area contributed by atoms with E-state index in [4.69, 9.17) is 21.6 Å². The first kappa shape index (κ1) is 14.9. The van der Waals surface area contributed by atoms with Gasteiger partial charge in [0.15, 0.2) is 5.82 Å². The topological polar surface area (TPSA) is 38.7 Å². The van der Waals surface area contributed by atoms with Gasteiger partial charge in [-0.25, -0.2) is 15.0 Å². The largest absolute Gasteiger partial charge is 0.237 e. The van der Waals surface area contributed by atoms with Crippen LogP contribution in [-0.4, -0.2) is 15.0 Å². The zero-order valence-electron chi connectivity index (χ0n) is 12.7. The van der Waals surface area contributed by atoms with Crippen LogP contribution in [0.2, 0.25) is 5.15 Å². The normalized spacial score (nSPS) is 15.6. The highest BCUT2D eigenvalue weighted by atomic mass is 35.5. The molecular formula is C16H20ClN3S. The summed E-state index contributed by atoms with van der Waals surface area (Å²) in [6, 6.07) is 0. The molecule has 0 radical (unpaired) electrons. The molecule has 2 heterocycles. The highest BCUT2D eigenvalue weighted by molar-refractivity contribution is 7.10. The average molecular weight is 322 g/mol. The summed E-state index contributed by atoms with van der Waals surface area (Å²) in [5.41, 5.74) is 3.16. The minimum absolute atomic E-state index is 0.0540. The summed E-state index contributed by atoms with van der Waals surface area (Å²) in [7, 11) is 0. The molecule has 0 atom stereocenters. The third-order valence-corrected chi connectivity index (χ3v) is 5.34. The van der Waals surface area contributed by atoms with Crippen LogP contribution in [0.25, 0.3) is 11.5 Å². The molecule has 1 aliphatic rings. The fourth-order valence-corrected chi connectivity index (χ4v) is 3.73. The highest BCUT2D eigenvalue weighted by Gasteiger charge is 2.21. The Labute approximate surface area is 134 Å². The van der Waals surface area contributed by atoms with Gasteiger partial charge in [0.2, 0.25) is 0 Å². The molecule has 3 rings (SSSR count). The first-order valence-corrected chi connectivity index (χ1v) is 8.72. The third kappa shape index (κ3) is 3.11. The summed E-state index contributed by atoms with van der Waals surface area (Å²) >= 11 is 8.06. The lowest BCUT2D eigenvalue weighted by molar-refractivity contribution is 0.586. The van der Waals surface area contributed by atoms with E-state index in [0.717, 1.165) is 34.8 Å². The van der Waals surface area contributed by atoms with Gasteiger partial charge in [0.05, 0.1) is 5.01 Å². The number of hydrogen-bond acceptors (Lipinski definition) is 4. The number of nitrogens with zero attached hydrogens (tertiary/aromatic N) is 3. The first-order chi connectivity index (χ1) is 9.95. The fraction of sp³-hybridized carbons (Fsp3) is 0.562. The summed E-state index contributed by atoms with van der Waals surface area (Å²) < 4.78 is 0. The molecule has 0 fully saturated rings. The van der Waals surface area contributed by atoms with E-state index in [1.165, 1.54) is 19.3 Å². The highest BCUT2D eigenvalue weighted by Crippen LogP contribution is 2.31. The molecule has 2 aromatic heterocycles. The number of aryl methyl sites for hydroxylation is 1. The van der Waals surface area contributed by atoms with Crippen LogP contribution in [-0.2, 0) is 18.3 Å². The van der Waals surface area contributed by atoms with E-state index in [1.807, 2.05) is 5.38 Å². The lowest BCUT2D eigenvalue weighted by Crippen LogP contribution is -2.10. The molecule has 0 saturated heterocycles. The van der Waals surface area contributed by atoms with Crippen molar-refractivity contribution in [1.82, 2.24) is 15.0 Å². The Morgan fingerprint density at radius 1 is 1.05 bits per heavy atom. The monoisotopic (exact) mass is 321 g/mol. The van der Waals surface area contributed by atoms with Crippen molar-refractivity contribution in [2.24, 2.45) is 0 Å². The molecule has 0 bridgehead atoms. The molecular weight excluding hydrogens is 302 g/mol. The maximum absolute atomic E-state index is 6.39. The molecule has 0 amide bonds. The van der Waals surface area contributed by atoms with Crippen LogP contribution < -0.4 is 0 Å². The van der Waals surface area contributed by atoms with Gasteiger partial charge >= 0.3 is 0 Å². The number of hydrogen-bond donors (Lipinski definition) is 0.